The van der Waals surface area contributed by atoms with Crippen molar-refractivity contribution in [3.8, 4) is 0 Å². The van der Waals surface area contributed by atoms with Crippen molar-refractivity contribution >= 4 is 17.5 Å². The molecule has 0 spiro atoms. The van der Waals surface area contributed by atoms with Gasteiger partial charge in [0.25, 0.3) is 5.91 Å². The molecule has 1 saturated heterocycles. The van der Waals surface area contributed by atoms with Crippen molar-refractivity contribution in [2.75, 3.05) is 19.6 Å². The summed E-state index contributed by atoms with van der Waals surface area (Å²) in [6, 6.07) is 8.31. The van der Waals surface area contributed by atoms with Crippen LogP contribution in [0.25, 0.3) is 0 Å². The molecule has 1 aliphatic heterocycles. The summed E-state index contributed by atoms with van der Waals surface area (Å²) in [5.74, 6) is 0.587. The molecule has 6 heteroatoms. The lowest BCUT2D eigenvalue weighted by molar-refractivity contribution is 0.0919. The highest BCUT2D eigenvalue weighted by atomic mass is 35.5. The fraction of sp³-hybridized carbons (Fsp3) is 0.545. The van der Waals surface area contributed by atoms with Gasteiger partial charge in [-0.2, -0.15) is 5.10 Å². The van der Waals surface area contributed by atoms with E-state index in [0.29, 0.717) is 23.0 Å². The number of aromatic nitrogens is 2. The summed E-state index contributed by atoms with van der Waals surface area (Å²) in [7, 11) is 0. The first-order valence-corrected chi connectivity index (χ1v) is 10.5. The fourth-order valence-corrected chi connectivity index (χ4v) is 4.28. The van der Waals surface area contributed by atoms with Gasteiger partial charge in [-0.25, -0.2) is 4.68 Å². The Hall–Kier alpha value is -1.85. The number of carbonyl (C=O) groups excluding carboxylic acids is 1. The molecular weight excluding hydrogens is 372 g/mol. The van der Waals surface area contributed by atoms with Crippen molar-refractivity contribution in [2.45, 2.75) is 53.1 Å². The summed E-state index contributed by atoms with van der Waals surface area (Å²) in [4.78, 5) is 15.3. The van der Waals surface area contributed by atoms with E-state index >= 15 is 0 Å². The summed E-state index contributed by atoms with van der Waals surface area (Å²) in [5, 5.41) is 8.00. The summed E-state index contributed by atoms with van der Waals surface area (Å²) in [5.41, 5.74) is 3.46. The van der Waals surface area contributed by atoms with E-state index in [2.05, 4.69) is 60.4 Å². The van der Waals surface area contributed by atoms with Gasteiger partial charge in [-0.15, -0.1) is 0 Å². The first-order valence-electron chi connectivity index (χ1n) is 10.1. The Labute approximate surface area is 173 Å². The van der Waals surface area contributed by atoms with E-state index in [0.717, 1.165) is 31.1 Å². The quantitative estimate of drug-likeness (QED) is 0.792. The van der Waals surface area contributed by atoms with E-state index < -0.39 is 0 Å². The minimum absolute atomic E-state index is 0.0636. The van der Waals surface area contributed by atoms with Crippen molar-refractivity contribution in [1.29, 1.82) is 0 Å². The molecule has 2 atom stereocenters. The molecule has 1 aromatic heterocycles. The molecule has 152 valence electrons. The second-order valence-electron chi connectivity index (χ2n) is 8.28. The van der Waals surface area contributed by atoms with Crippen LogP contribution in [-0.4, -0.2) is 46.3 Å². The second-order valence-corrected chi connectivity index (χ2v) is 8.63. The lowest BCUT2D eigenvalue weighted by Crippen LogP contribution is -2.45. The van der Waals surface area contributed by atoms with Crippen LogP contribution >= 0.6 is 11.6 Å². The Morgan fingerprint density at radius 1 is 1.32 bits per heavy atom. The van der Waals surface area contributed by atoms with Crippen molar-refractivity contribution in [3.05, 3.63) is 51.8 Å². The number of benzene rings is 1. The number of rotatable bonds is 6. The van der Waals surface area contributed by atoms with Crippen LogP contribution in [0, 0.1) is 19.8 Å². The molecule has 28 heavy (non-hydrogen) atoms. The smallest absolute Gasteiger partial charge is 0.256 e. The van der Waals surface area contributed by atoms with Crippen LogP contribution in [-0.2, 0) is 6.54 Å². The second kappa shape index (κ2) is 9.10. The number of halogens is 1. The van der Waals surface area contributed by atoms with Gasteiger partial charge in [-0.1, -0.05) is 48.4 Å². The monoisotopic (exact) mass is 402 g/mol. The van der Waals surface area contributed by atoms with Crippen LogP contribution in [0.4, 0.5) is 0 Å². The summed E-state index contributed by atoms with van der Waals surface area (Å²) in [6.07, 6.45) is 2.53. The molecule has 3 rings (SSSR count). The number of likely N-dealkylation sites (tertiary alicyclic amines) is 1. The Morgan fingerprint density at radius 3 is 2.71 bits per heavy atom. The van der Waals surface area contributed by atoms with Crippen molar-refractivity contribution < 1.29 is 4.79 Å². The molecule has 0 saturated carbocycles. The van der Waals surface area contributed by atoms with Crippen LogP contribution < -0.4 is 5.32 Å². The van der Waals surface area contributed by atoms with Crippen LogP contribution in [0.3, 0.4) is 0 Å². The average molecular weight is 403 g/mol. The molecule has 1 N–H and O–H groups in total. The van der Waals surface area contributed by atoms with Gasteiger partial charge in [0.05, 0.1) is 17.8 Å². The van der Waals surface area contributed by atoms with E-state index in [-0.39, 0.29) is 11.9 Å². The van der Waals surface area contributed by atoms with E-state index in [1.807, 2.05) is 6.92 Å². The molecule has 2 aromatic rings. The summed E-state index contributed by atoms with van der Waals surface area (Å²) < 4.78 is 1.70. The standard InChI is InChI=1S/C22H31ClN4O/c1-15-7-9-19(10-8-15)14-27-21(23)20(18(4)25-27)22(28)24-17(3)13-26-11-5-6-16(2)12-26/h7-10,16-17H,5-6,11-14H2,1-4H3,(H,24,28). The minimum Gasteiger partial charge on any atom is -0.348 e. The SMILES string of the molecule is Cc1ccc(Cn2nc(C)c(C(=O)NC(C)CN3CCCC(C)C3)c2Cl)cc1. The van der Waals surface area contributed by atoms with E-state index in [1.54, 1.807) is 4.68 Å². The van der Waals surface area contributed by atoms with Gasteiger partial charge in [-0.3, -0.25) is 4.79 Å². The number of amides is 1. The van der Waals surface area contributed by atoms with Crippen LogP contribution in [0.1, 0.15) is 53.9 Å². The topological polar surface area (TPSA) is 50.2 Å². The highest BCUT2D eigenvalue weighted by Gasteiger charge is 2.23. The maximum atomic E-state index is 12.8. The summed E-state index contributed by atoms with van der Waals surface area (Å²) in [6.45, 7) is 11.9. The Kier molecular flexibility index (Phi) is 6.78. The lowest BCUT2D eigenvalue weighted by Gasteiger charge is -2.32. The normalized spacial score (nSPS) is 18.8. The third-order valence-corrected chi connectivity index (χ3v) is 5.78. The highest BCUT2D eigenvalue weighted by molar-refractivity contribution is 6.33. The average Bonchev–Trinajstić information content (AvgIpc) is 2.90. The van der Waals surface area contributed by atoms with Gasteiger partial charge in [0, 0.05) is 19.1 Å². The molecular formula is C22H31ClN4O. The van der Waals surface area contributed by atoms with Crippen LogP contribution in [0.5, 0.6) is 0 Å². The number of carbonyl (C=O) groups is 1. The molecule has 2 heterocycles. The van der Waals surface area contributed by atoms with Gasteiger partial charge in [0.1, 0.15) is 5.15 Å². The minimum atomic E-state index is -0.143. The van der Waals surface area contributed by atoms with Gasteiger partial charge in [-0.05, 0) is 51.6 Å². The largest absolute Gasteiger partial charge is 0.348 e. The van der Waals surface area contributed by atoms with Gasteiger partial charge < -0.3 is 10.2 Å². The molecule has 1 amide bonds. The van der Waals surface area contributed by atoms with E-state index in [9.17, 15) is 4.79 Å². The first kappa shape index (κ1) is 20.9. The number of nitrogens with zero attached hydrogens (tertiary/aromatic N) is 3. The zero-order chi connectivity index (χ0) is 20.3. The first-order chi connectivity index (χ1) is 13.3. The van der Waals surface area contributed by atoms with E-state index in [4.69, 9.17) is 11.6 Å². The third kappa shape index (κ3) is 5.15. The summed E-state index contributed by atoms with van der Waals surface area (Å²) >= 11 is 6.53. The lowest BCUT2D eigenvalue weighted by atomic mass is 10.00. The molecule has 0 radical (unpaired) electrons. The van der Waals surface area contributed by atoms with E-state index in [1.165, 1.54) is 18.4 Å². The molecule has 1 aromatic carbocycles. The van der Waals surface area contributed by atoms with Crippen LogP contribution in [0.15, 0.2) is 24.3 Å². The Balaban J connectivity index is 1.64. The Morgan fingerprint density at radius 2 is 2.04 bits per heavy atom. The predicted molar refractivity (Wildman–Crippen MR) is 114 cm³/mol. The van der Waals surface area contributed by atoms with Gasteiger partial charge >= 0.3 is 0 Å². The number of aryl methyl sites for hydroxylation is 2. The molecule has 2 unspecified atom stereocenters. The maximum Gasteiger partial charge on any atom is 0.256 e. The number of hydrogen-bond acceptors (Lipinski definition) is 3. The Bertz CT molecular complexity index is 815. The number of nitrogens with one attached hydrogen (secondary N) is 1. The number of piperidine rings is 1. The molecule has 0 aliphatic carbocycles. The maximum absolute atomic E-state index is 12.8. The van der Waals surface area contributed by atoms with Gasteiger partial charge in [0.2, 0.25) is 0 Å². The van der Waals surface area contributed by atoms with Gasteiger partial charge in [0.15, 0.2) is 0 Å². The zero-order valence-electron chi connectivity index (χ0n) is 17.3. The molecule has 0 bridgehead atoms. The highest BCUT2D eigenvalue weighted by Crippen LogP contribution is 2.21. The van der Waals surface area contributed by atoms with Crippen molar-refractivity contribution in [3.63, 3.8) is 0 Å². The predicted octanol–water partition coefficient (Wildman–Crippen LogP) is 4.05. The molecule has 5 nitrogen and oxygen atoms in total. The van der Waals surface area contributed by atoms with Crippen molar-refractivity contribution in [1.82, 2.24) is 20.0 Å². The molecule has 1 fully saturated rings. The zero-order valence-corrected chi connectivity index (χ0v) is 18.1. The number of hydrogen-bond donors (Lipinski definition) is 1. The molecule has 1 aliphatic rings. The third-order valence-electron chi connectivity index (χ3n) is 5.40. The fourth-order valence-electron chi connectivity index (χ4n) is 3.96. The van der Waals surface area contributed by atoms with Crippen LogP contribution in [0.2, 0.25) is 5.15 Å². The van der Waals surface area contributed by atoms with Crippen molar-refractivity contribution in [2.24, 2.45) is 5.92 Å².